The van der Waals surface area contributed by atoms with E-state index >= 15 is 0 Å². The van der Waals surface area contributed by atoms with Crippen LogP contribution in [0.3, 0.4) is 0 Å². The van der Waals surface area contributed by atoms with Gasteiger partial charge in [0.05, 0.1) is 30.7 Å². The number of hydrogen-bond donors (Lipinski definition) is 2. The Morgan fingerprint density at radius 2 is 1.79 bits per heavy atom. The molecule has 0 spiro atoms. The molecule has 2 N–H and O–H groups in total. The lowest BCUT2D eigenvalue weighted by Gasteiger charge is -2.15. The van der Waals surface area contributed by atoms with E-state index in [0.717, 1.165) is 17.1 Å². The van der Waals surface area contributed by atoms with Gasteiger partial charge in [0.2, 0.25) is 5.95 Å². The summed E-state index contributed by atoms with van der Waals surface area (Å²) in [4.78, 5) is 15.9. The number of aromatic nitrogens is 3. The number of carbonyl (C=O) groups is 1. The Balaban J connectivity index is 1.74. The van der Waals surface area contributed by atoms with Crippen molar-refractivity contribution < 1.29 is 14.3 Å². The topological polar surface area (TPSA) is 98.3 Å². The van der Waals surface area contributed by atoms with Gasteiger partial charge in [-0.15, -0.1) is 5.10 Å². The summed E-state index contributed by atoms with van der Waals surface area (Å²) >= 11 is 0. The van der Waals surface area contributed by atoms with Gasteiger partial charge in [0.25, 0.3) is 0 Å². The Labute approximate surface area is 162 Å². The van der Waals surface area contributed by atoms with Gasteiger partial charge >= 0.3 is 5.97 Å². The van der Waals surface area contributed by atoms with E-state index in [2.05, 4.69) is 30.6 Å². The highest BCUT2D eigenvalue weighted by atomic mass is 16.5. The number of methoxy groups -OCH3 is 1. The largest absolute Gasteiger partial charge is 0.489 e. The minimum Gasteiger partial charge on any atom is -0.489 e. The van der Waals surface area contributed by atoms with E-state index in [1.54, 1.807) is 24.3 Å². The maximum absolute atomic E-state index is 11.5. The minimum atomic E-state index is -0.391. The maximum atomic E-state index is 11.5. The van der Waals surface area contributed by atoms with E-state index in [0.29, 0.717) is 17.3 Å². The van der Waals surface area contributed by atoms with Gasteiger partial charge in [0.1, 0.15) is 5.75 Å². The fourth-order valence-corrected chi connectivity index (χ4v) is 2.42. The van der Waals surface area contributed by atoms with Crippen LogP contribution in [0, 0.1) is 0 Å². The summed E-state index contributed by atoms with van der Waals surface area (Å²) < 4.78 is 10.5. The number of benzene rings is 2. The third kappa shape index (κ3) is 4.94. The molecule has 0 radical (unpaired) electrons. The predicted octanol–water partition coefficient (Wildman–Crippen LogP) is 3.93. The van der Waals surface area contributed by atoms with Crippen molar-refractivity contribution in [3.8, 4) is 5.75 Å². The third-order valence-electron chi connectivity index (χ3n) is 3.63. The number of esters is 1. The van der Waals surface area contributed by atoms with Gasteiger partial charge in [-0.3, -0.25) is 0 Å². The molecule has 144 valence electrons. The second kappa shape index (κ2) is 8.81. The smallest absolute Gasteiger partial charge is 0.337 e. The summed E-state index contributed by atoms with van der Waals surface area (Å²) in [6, 6.07) is 14.4. The standard InChI is InChI=1S/C20H21N5O3/c1-13(2)28-17-7-5-4-6-16(17)23-18-12-21-25-20(24-18)22-15-10-8-14(9-11-15)19(26)27-3/h4-13H,1-3H3,(H2,22,23,24,25). The highest BCUT2D eigenvalue weighted by molar-refractivity contribution is 5.89. The summed E-state index contributed by atoms with van der Waals surface area (Å²) in [7, 11) is 1.34. The van der Waals surface area contributed by atoms with Crippen LogP contribution in [0.15, 0.2) is 54.7 Å². The lowest BCUT2D eigenvalue weighted by atomic mass is 10.2. The molecule has 0 saturated heterocycles. The van der Waals surface area contributed by atoms with Crippen LogP contribution in [0.5, 0.6) is 5.75 Å². The number of nitrogens with one attached hydrogen (secondary N) is 2. The third-order valence-corrected chi connectivity index (χ3v) is 3.63. The van der Waals surface area contributed by atoms with Crippen molar-refractivity contribution >= 4 is 29.1 Å². The molecule has 0 amide bonds. The Bertz CT molecular complexity index is 945. The number of anilines is 4. The fourth-order valence-electron chi connectivity index (χ4n) is 2.42. The average Bonchev–Trinajstić information content (AvgIpc) is 2.69. The van der Waals surface area contributed by atoms with Crippen LogP contribution in [0.1, 0.15) is 24.2 Å². The molecule has 0 bridgehead atoms. The van der Waals surface area contributed by atoms with Crippen LogP contribution in [-0.2, 0) is 4.74 Å². The first kappa shape index (κ1) is 19.1. The molecule has 0 atom stereocenters. The molecule has 1 heterocycles. The molecule has 28 heavy (non-hydrogen) atoms. The van der Waals surface area contributed by atoms with Crippen LogP contribution in [-0.4, -0.2) is 34.4 Å². The van der Waals surface area contributed by atoms with E-state index in [1.165, 1.54) is 13.3 Å². The molecule has 0 fully saturated rings. The van der Waals surface area contributed by atoms with Crippen molar-refractivity contribution in [2.75, 3.05) is 17.7 Å². The molecule has 3 aromatic rings. The van der Waals surface area contributed by atoms with Crippen molar-refractivity contribution in [2.24, 2.45) is 0 Å². The normalized spacial score (nSPS) is 10.4. The zero-order valence-electron chi connectivity index (χ0n) is 15.8. The van der Waals surface area contributed by atoms with Gasteiger partial charge < -0.3 is 20.1 Å². The van der Waals surface area contributed by atoms with E-state index in [1.807, 2.05) is 38.1 Å². The summed E-state index contributed by atoms with van der Waals surface area (Å²) in [6.07, 6.45) is 1.58. The number of rotatable bonds is 7. The molecule has 0 aliphatic carbocycles. The molecule has 2 aromatic carbocycles. The molecule has 3 rings (SSSR count). The number of ether oxygens (including phenoxy) is 2. The summed E-state index contributed by atoms with van der Waals surface area (Å²) in [6.45, 7) is 3.94. The highest BCUT2D eigenvalue weighted by Gasteiger charge is 2.08. The number of para-hydroxylation sites is 2. The molecular weight excluding hydrogens is 358 g/mol. The summed E-state index contributed by atoms with van der Waals surface area (Å²) in [5.41, 5.74) is 1.96. The monoisotopic (exact) mass is 379 g/mol. The molecule has 8 nitrogen and oxygen atoms in total. The molecule has 0 unspecified atom stereocenters. The first-order valence-corrected chi connectivity index (χ1v) is 8.73. The van der Waals surface area contributed by atoms with Crippen LogP contribution in [0.2, 0.25) is 0 Å². The van der Waals surface area contributed by atoms with E-state index in [-0.39, 0.29) is 6.10 Å². The van der Waals surface area contributed by atoms with E-state index in [9.17, 15) is 4.79 Å². The minimum absolute atomic E-state index is 0.0525. The van der Waals surface area contributed by atoms with Crippen molar-refractivity contribution in [3.63, 3.8) is 0 Å². The molecule has 8 heteroatoms. The molecule has 0 aliphatic rings. The van der Waals surface area contributed by atoms with Crippen LogP contribution >= 0.6 is 0 Å². The first-order chi connectivity index (χ1) is 13.5. The average molecular weight is 379 g/mol. The first-order valence-electron chi connectivity index (χ1n) is 8.73. The molecule has 0 saturated carbocycles. The quantitative estimate of drug-likeness (QED) is 0.596. The Hall–Kier alpha value is -3.68. The van der Waals surface area contributed by atoms with Crippen LogP contribution in [0.4, 0.5) is 23.1 Å². The van der Waals surface area contributed by atoms with Crippen molar-refractivity contribution in [1.82, 2.24) is 15.2 Å². The highest BCUT2D eigenvalue weighted by Crippen LogP contribution is 2.27. The number of hydrogen-bond acceptors (Lipinski definition) is 8. The van der Waals surface area contributed by atoms with Gasteiger partial charge in [-0.2, -0.15) is 10.1 Å². The lowest BCUT2D eigenvalue weighted by molar-refractivity contribution is 0.0601. The lowest BCUT2D eigenvalue weighted by Crippen LogP contribution is -2.08. The van der Waals surface area contributed by atoms with Gasteiger partial charge in [-0.1, -0.05) is 12.1 Å². The van der Waals surface area contributed by atoms with E-state index < -0.39 is 5.97 Å². The number of carbonyl (C=O) groups excluding carboxylic acids is 1. The van der Waals surface area contributed by atoms with Crippen LogP contribution < -0.4 is 15.4 Å². The second-order valence-corrected chi connectivity index (χ2v) is 6.15. The van der Waals surface area contributed by atoms with Crippen LogP contribution in [0.25, 0.3) is 0 Å². The molecule has 1 aromatic heterocycles. The summed E-state index contributed by atoms with van der Waals surface area (Å²) in [5, 5.41) is 14.2. The maximum Gasteiger partial charge on any atom is 0.337 e. The number of nitrogens with zero attached hydrogens (tertiary/aromatic N) is 3. The SMILES string of the molecule is COC(=O)c1ccc(Nc2nncc(Nc3ccccc3OC(C)C)n2)cc1. The fraction of sp³-hybridized carbons (Fsp3) is 0.200. The van der Waals surface area contributed by atoms with Gasteiger partial charge in [0.15, 0.2) is 5.82 Å². The van der Waals surface area contributed by atoms with Crippen molar-refractivity contribution in [3.05, 3.63) is 60.3 Å². The van der Waals surface area contributed by atoms with Crippen molar-refractivity contribution in [2.45, 2.75) is 20.0 Å². The van der Waals surface area contributed by atoms with Crippen molar-refractivity contribution in [1.29, 1.82) is 0 Å². The van der Waals surface area contributed by atoms with Gasteiger partial charge in [-0.25, -0.2) is 4.79 Å². The molecule has 0 aliphatic heterocycles. The Kier molecular flexibility index (Phi) is 6.01. The predicted molar refractivity (Wildman–Crippen MR) is 106 cm³/mol. The zero-order chi connectivity index (χ0) is 19.9. The van der Waals surface area contributed by atoms with Gasteiger partial charge in [0, 0.05) is 5.69 Å². The molecular formula is C20H21N5O3. The van der Waals surface area contributed by atoms with Gasteiger partial charge in [-0.05, 0) is 50.2 Å². The van der Waals surface area contributed by atoms with E-state index in [4.69, 9.17) is 4.74 Å². The zero-order valence-corrected chi connectivity index (χ0v) is 15.8. The summed E-state index contributed by atoms with van der Waals surface area (Å²) in [5.74, 6) is 1.17. The Morgan fingerprint density at radius 1 is 1.04 bits per heavy atom. The second-order valence-electron chi connectivity index (χ2n) is 6.15. The Morgan fingerprint density at radius 3 is 2.50 bits per heavy atom.